The van der Waals surface area contributed by atoms with Crippen LogP contribution in [0.2, 0.25) is 0 Å². The van der Waals surface area contributed by atoms with E-state index >= 15 is 0 Å². The summed E-state index contributed by atoms with van der Waals surface area (Å²) in [5.41, 5.74) is 0. The maximum Gasteiger partial charge on any atom is 0.325 e. The molecule has 2 fully saturated rings. The Morgan fingerprint density at radius 3 is 2.36 bits per heavy atom. The summed E-state index contributed by atoms with van der Waals surface area (Å²) in [7, 11) is 0. The molecule has 2 unspecified atom stereocenters. The van der Waals surface area contributed by atoms with Gasteiger partial charge in [-0.1, -0.05) is 13.8 Å². The van der Waals surface area contributed by atoms with E-state index in [1.807, 2.05) is 25.7 Å². The monoisotopic (exact) mass is 396 g/mol. The van der Waals surface area contributed by atoms with E-state index in [2.05, 4.69) is 10.6 Å². The number of carbonyl (C=O) groups is 4. The van der Waals surface area contributed by atoms with Gasteiger partial charge in [-0.3, -0.25) is 14.4 Å². The lowest BCUT2D eigenvalue weighted by Gasteiger charge is -2.41. The number of nitrogens with zero attached hydrogens (tertiary/aromatic N) is 2. The summed E-state index contributed by atoms with van der Waals surface area (Å²) >= 11 is 0. The van der Waals surface area contributed by atoms with Crippen molar-refractivity contribution in [2.75, 3.05) is 32.8 Å². The van der Waals surface area contributed by atoms with Crippen molar-refractivity contribution in [2.45, 2.75) is 52.6 Å². The highest BCUT2D eigenvalue weighted by atomic mass is 16.5. The number of hydrogen-bond acceptors (Lipinski definition) is 5. The van der Waals surface area contributed by atoms with Crippen LogP contribution in [0.4, 0.5) is 4.79 Å². The summed E-state index contributed by atoms with van der Waals surface area (Å²) in [6.45, 7) is 8.75. The van der Waals surface area contributed by atoms with Crippen LogP contribution >= 0.6 is 0 Å². The maximum atomic E-state index is 13.0. The minimum absolute atomic E-state index is 0.0451. The predicted octanol–water partition coefficient (Wildman–Crippen LogP) is 0.343. The van der Waals surface area contributed by atoms with Gasteiger partial charge in [0.05, 0.1) is 6.61 Å². The first-order valence-electron chi connectivity index (χ1n) is 10.0. The van der Waals surface area contributed by atoms with E-state index in [-0.39, 0.29) is 42.8 Å². The van der Waals surface area contributed by atoms with E-state index in [1.54, 1.807) is 11.8 Å². The van der Waals surface area contributed by atoms with Gasteiger partial charge in [0.25, 0.3) is 0 Å². The maximum absolute atomic E-state index is 13.0. The lowest BCUT2D eigenvalue weighted by Crippen LogP contribution is -2.60. The summed E-state index contributed by atoms with van der Waals surface area (Å²) in [5.74, 6) is -0.473. The molecule has 4 amide bonds. The number of esters is 1. The number of hydrogen-bond donors (Lipinski definition) is 2. The van der Waals surface area contributed by atoms with E-state index in [9.17, 15) is 19.2 Å². The first-order valence-corrected chi connectivity index (χ1v) is 10.0. The van der Waals surface area contributed by atoms with Crippen molar-refractivity contribution in [3.8, 4) is 0 Å². The fraction of sp³-hybridized carbons (Fsp3) is 0.789. The average molecular weight is 396 g/mol. The summed E-state index contributed by atoms with van der Waals surface area (Å²) in [6.07, 6.45) is 1.93. The molecule has 0 aromatic heterocycles. The van der Waals surface area contributed by atoms with Gasteiger partial charge in [-0.25, -0.2) is 4.79 Å². The Bertz CT molecular complexity index is 605. The molecule has 158 valence electrons. The third-order valence-electron chi connectivity index (χ3n) is 5.07. The van der Waals surface area contributed by atoms with Crippen LogP contribution in [0.1, 0.15) is 40.5 Å². The molecule has 2 rings (SSSR count). The lowest BCUT2D eigenvalue weighted by atomic mass is 10.0. The first kappa shape index (κ1) is 22.0. The highest BCUT2D eigenvalue weighted by molar-refractivity contribution is 5.89. The Morgan fingerprint density at radius 2 is 1.82 bits per heavy atom. The predicted molar refractivity (Wildman–Crippen MR) is 102 cm³/mol. The topological polar surface area (TPSA) is 108 Å². The smallest absolute Gasteiger partial charge is 0.325 e. The third kappa shape index (κ3) is 5.84. The number of carbonyl (C=O) groups excluding carboxylic acids is 4. The van der Waals surface area contributed by atoms with Crippen molar-refractivity contribution in [3.05, 3.63) is 0 Å². The lowest BCUT2D eigenvalue weighted by molar-refractivity contribution is -0.144. The van der Waals surface area contributed by atoms with Crippen molar-refractivity contribution in [1.82, 2.24) is 20.4 Å². The highest BCUT2D eigenvalue weighted by Gasteiger charge is 2.39. The quantitative estimate of drug-likeness (QED) is 0.604. The van der Waals surface area contributed by atoms with E-state index in [0.29, 0.717) is 19.6 Å². The molecule has 1 saturated carbocycles. The van der Waals surface area contributed by atoms with Crippen molar-refractivity contribution in [2.24, 2.45) is 11.8 Å². The molecule has 0 radical (unpaired) electrons. The molecule has 0 aromatic carbocycles. The van der Waals surface area contributed by atoms with Crippen LogP contribution in [0.25, 0.3) is 0 Å². The fourth-order valence-electron chi connectivity index (χ4n) is 3.32. The van der Waals surface area contributed by atoms with Crippen molar-refractivity contribution >= 4 is 23.8 Å². The first-order chi connectivity index (χ1) is 13.2. The van der Waals surface area contributed by atoms with Crippen molar-refractivity contribution < 1.29 is 23.9 Å². The molecule has 2 atom stereocenters. The highest BCUT2D eigenvalue weighted by Crippen LogP contribution is 2.32. The zero-order valence-electron chi connectivity index (χ0n) is 17.2. The molecule has 9 heteroatoms. The zero-order valence-corrected chi connectivity index (χ0v) is 17.2. The fourth-order valence-corrected chi connectivity index (χ4v) is 3.32. The minimum atomic E-state index is -0.708. The van der Waals surface area contributed by atoms with Crippen LogP contribution in [0.5, 0.6) is 0 Å². The van der Waals surface area contributed by atoms with Gasteiger partial charge < -0.3 is 25.2 Å². The van der Waals surface area contributed by atoms with Gasteiger partial charge in [-0.15, -0.1) is 0 Å². The molecule has 0 aromatic rings. The van der Waals surface area contributed by atoms with Crippen LogP contribution in [0.3, 0.4) is 0 Å². The molecule has 2 aliphatic rings. The summed E-state index contributed by atoms with van der Waals surface area (Å²) in [4.78, 5) is 52.3. The van der Waals surface area contributed by atoms with Crippen LogP contribution in [-0.2, 0) is 19.1 Å². The van der Waals surface area contributed by atoms with Crippen molar-refractivity contribution in [1.29, 1.82) is 0 Å². The molecular weight excluding hydrogens is 364 g/mol. The number of urea groups is 1. The molecule has 9 nitrogen and oxygen atoms in total. The van der Waals surface area contributed by atoms with Crippen LogP contribution in [0, 0.1) is 11.8 Å². The van der Waals surface area contributed by atoms with E-state index in [1.165, 1.54) is 0 Å². The standard InChI is InChI=1S/C19H32N4O5/c1-5-28-15(24)10-20-19(27)21-16(12(2)3)18(26)22-8-9-23(13(4)11-22)17(25)14-6-7-14/h12-14,16H,5-11H2,1-4H3,(H2,20,21,27). The van der Waals surface area contributed by atoms with Gasteiger partial charge in [0.2, 0.25) is 11.8 Å². The van der Waals surface area contributed by atoms with E-state index in [0.717, 1.165) is 12.8 Å². The van der Waals surface area contributed by atoms with E-state index < -0.39 is 18.0 Å². The Labute approximate surface area is 166 Å². The number of ether oxygens (including phenoxy) is 1. The number of nitrogens with one attached hydrogen (secondary N) is 2. The second-order valence-electron chi connectivity index (χ2n) is 7.79. The zero-order chi connectivity index (χ0) is 20.8. The Kier molecular flexibility index (Phi) is 7.65. The molecule has 2 N–H and O–H groups in total. The van der Waals surface area contributed by atoms with Gasteiger partial charge >= 0.3 is 12.0 Å². The van der Waals surface area contributed by atoms with Crippen LogP contribution in [0.15, 0.2) is 0 Å². The van der Waals surface area contributed by atoms with Gasteiger partial charge in [-0.2, -0.15) is 0 Å². The van der Waals surface area contributed by atoms with Crippen LogP contribution < -0.4 is 10.6 Å². The Balaban J connectivity index is 1.89. The Hall–Kier alpha value is -2.32. The normalized spacial score (nSPS) is 20.5. The molecule has 1 aliphatic heterocycles. The molecule has 1 aliphatic carbocycles. The second kappa shape index (κ2) is 9.75. The molecule has 0 spiro atoms. The minimum Gasteiger partial charge on any atom is -0.465 e. The molecule has 1 saturated heterocycles. The van der Waals surface area contributed by atoms with Gasteiger partial charge in [0.15, 0.2) is 0 Å². The SMILES string of the molecule is CCOC(=O)CNC(=O)NC(C(=O)N1CCN(C(=O)C2CC2)C(C)C1)C(C)C. The van der Waals surface area contributed by atoms with E-state index in [4.69, 9.17) is 4.74 Å². The summed E-state index contributed by atoms with van der Waals surface area (Å²) < 4.78 is 4.76. The van der Waals surface area contributed by atoms with Gasteiger partial charge in [0, 0.05) is 31.6 Å². The van der Waals surface area contributed by atoms with Crippen LogP contribution in [-0.4, -0.2) is 78.5 Å². The Morgan fingerprint density at radius 1 is 1.14 bits per heavy atom. The second-order valence-corrected chi connectivity index (χ2v) is 7.79. The number of amides is 4. The third-order valence-corrected chi connectivity index (χ3v) is 5.07. The molecule has 28 heavy (non-hydrogen) atoms. The molecule has 1 heterocycles. The average Bonchev–Trinajstić information content (AvgIpc) is 3.48. The molecular formula is C19H32N4O5. The van der Waals surface area contributed by atoms with Crippen molar-refractivity contribution in [3.63, 3.8) is 0 Å². The van der Waals surface area contributed by atoms with Gasteiger partial charge in [-0.05, 0) is 32.6 Å². The number of rotatable bonds is 7. The summed E-state index contributed by atoms with van der Waals surface area (Å²) in [5, 5.41) is 5.07. The summed E-state index contributed by atoms with van der Waals surface area (Å²) in [6, 6.07) is -1.34. The number of piperazine rings is 1. The van der Waals surface area contributed by atoms with Gasteiger partial charge in [0.1, 0.15) is 12.6 Å². The molecule has 0 bridgehead atoms. The largest absolute Gasteiger partial charge is 0.465 e.